The zero-order valence-corrected chi connectivity index (χ0v) is 13.6. The molecular weight excluding hydrogens is 337 g/mol. The molecule has 0 spiro atoms. The number of anilines is 1. The van der Waals surface area contributed by atoms with Gasteiger partial charge in [0.05, 0.1) is 17.4 Å². The molecule has 0 unspecified atom stereocenters. The Kier molecular flexibility index (Phi) is 4.28. The Balaban J connectivity index is 1.91. The first-order valence-corrected chi connectivity index (χ1v) is 7.72. The van der Waals surface area contributed by atoms with Crippen LogP contribution in [0.5, 0.6) is 5.75 Å². The number of phenolic OH excluding ortho intramolecular Hbond substituents is 1. The molecule has 6 nitrogen and oxygen atoms in total. The number of hydrogen-bond acceptors (Lipinski definition) is 6. The van der Waals surface area contributed by atoms with Gasteiger partial charge < -0.3 is 15.5 Å². The second kappa shape index (κ2) is 6.14. The molecule has 1 fully saturated rings. The van der Waals surface area contributed by atoms with Crippen LogP contribution < -0.4 is 5.32 Å². The number of benzene rings is 1. The summed E-state index contributed by atoms with van der Waals surface area (Å²) in [6.07, 6.45) is -3.66. The Hall–Kier alpha value is -2.42. The molecule has 134 valence electrons. The fraction of sp³-hybridized carbons (Fsp3) is 0.438. The van der Waals surface area contributed by atoms with E-state index in [4.69, 9.17) is 0 Å². The topological polar surface area (TPSA) is 91.2 Å². The van der Waals surface area contributed by atoms with Gasteiger partial charge in [-0.05, 0) is 44.4 Å². The van der Waals surface area contributed by atoms with E-state index in [1.54, 1.807) is 6.92 Å². The highest BCUT2D eigenvalue weighted by Crippen LogP contribution is 2.39. The third kappa shape index (κ3) is 3.51. The Bertz CT molecular complexity index is 781. The quantitative estimate of drug-likeness (QED) is 0.785. The fourth-order valence-electron chi connectivity index (χ4n) is 2.82. The first-order chi connectivity index (χ1) is 11.6. The van der Waals surface area contributed by atoms with Gasteiger partial charge in [-0.15, -0.1) is 10.2 Å². The maximum absolute atomic E-state index is 12.8. The van der Waals surface area contributed by atoms with Crippen molar-refractivity contribution in [1.29, 1.82) is 0 Å². The summed E-state index contributed by atoms with van der Waals surface area (Å²) in [5, 5.41) is 30.3. The number of halogens is 3. The molecular formula is C16H17F3N4O2. The molecule has 1 aliphatic carbocycles. The second-order valence-corrected chi connectivity index (χ2v) is 6.22. The van der Waals surface area contributed by atoms with Gasteiger partial charge in [-0.2, -0.15) is 13.2 Å². The summed E-state index contributed by atoms with van der Waals surface area (Å²) in [6, 6.07) is 1.70. The van der Waals surface area contributed by atoms with Gasteiger partial charge in [0.25, 0.3) is 0 Å². The number of alkyl halides is 3. The van der Waals surface area contributed by atoms with Crippen LogP contribution in [-0.2, 0) is 6.18 Å². The lowest BCUT2D eigenvalue weighted by Gasteiger charge is -2.31. The van der Waals surface area contributed by atoms with E-state index in [0.717, 1.165) is 6.07 Å². The minimum atomic E-state index is -4.54. The highest BCUT2D eigenvalue weighted by atomic mass is 19.4. The zero-order chi connectivity index (χ0) is 18.4. The van der Waals surface area contributed by atoms with Crippen molar-refractivity contribution >= 4 is 5.95 Å². The molecule has 1 aromatic heterocycles. The van der Waals surface area contributed by atoms with Gasteiger partial charge in [-0.3, -0.25) is 0 Å². The van der Waals surface area contributed by atoms with E-state index in [9.17, 15) is 23.4 Å². The molecule has 0 radical (unpaired) electrons. The van der Waals surface area contributed by atoms with Gasteiger partial charge in [0.15, 0.2) is 0 Å². The first kappa shape index (κ1) is 17.4. The average Bonchev–Trinajstić information content (AvgIpc) is 2.46. The van der Waals surface area contributed by atoms with Gasteiger partial charge in [0.2, 0.25) is 5.95 Å². The van der Waals surface area contributed by atoms with Crippen LogP contribution in [0.3, 0.4) is 0 Å². The molecule has 3 N–H and O–H groups in total. The van der Waals surface area contributed by atoms with Crippen LogP contribution in [0.1, 0.15) is 29.7 Å². The van der Waals surface area contributed by atoms with Crippen LogP contribution in [-0.4, -0.2) is 37.5 Å². The van der Waals surface area contributed by atoms with E-state index in [1.807, 2.05) is 0 Å². The Labute approximate surface area is 141 Å². The third-order valence-electron chi connectivity index (χ3n) is 4.19. The number of aliphatic hydroxyl groups excluding tert-OH is 1. The monoisotopic (exact) mass is 354 g/mol. The molecule has 0 atom stereocenters. The first-order valence-electron chi connectivity index (χ1n) is 7.72. The molecule has 9 heteroatoms. The van der Waals surface area contributed by atoms with Crippen molar-refractivity contribution < 1.29 is 23.4 Å². The predicted octanol–water partition coefficient (Wildman–Crippen LogP) is 2.82. The van der Waals surface area contributed by atoms with Crippen molar-refractivity contribution in [2.45, 2.75) is 45.0 Å². The van der Waals surface area contributed by atoms with Gasteiger partial charge in [-0.1, -0.05) is 0 Å². The van der Waals surface area contributed by atoms with Crippen molar-refractivity contribution in [1.82, 2.24) is 15.2 Å². The smallest absolute Gasteiger partial charge is 0.416 e. The summed E-state index contributed by atoms with van der Waals surface area (Å²) in [6.45, 7) is 3.11. The normalized spacial score (nSPS) is 20.2. The van der Waals surface area contributed by atoms with E-state index >= 15 is 0 Å². The van der Waals surface area contributed by atoms with Crippen molar-refractivity contribution in [2.24, 2.45) is 0 Å². The lowest BCUT2D eigenvalue weighted by molar-refractivity contribution is -0.137. The largest absolute Gasteiger partial charge is 0.507 e. The second-order valence-electron chi connectivity index (χ2n) is 6.22. The van der Waals surface area contributed by atoms with E-state index in [0.29, 0.717) is 24.6 Å². The number of aliphatic hydroxyl groups is 1. The van der Waals surface area contributed by atoms with Crippen molar-refractivity contribution in [3.8, 4) is 17.0 Å². The fourth-order valence-corrected chi connectivity index (χ4v) is 2.82. The van der Waals surface area contributed by atoms with Gasteiger partial charge >= 0.3 is 6.18 Å². The molecule has 0 aliphatic heterocycles. The van der Waals surface area contributed by atoms with Crippen LogP contribution >= 0.6 is 0 Å². The van der Waals surface area contributed by atoms with Crippen LogP contribution in [0.2, 0.25) is 0 Å². The Morgan fingerprint density at radius 3 is 2.36 bits per heavy atom. The molecule has 0 amide bonds. The molecule has 1 aliphatic rings. The maximum atomic E-state index is 12.8. The molecule has 2 aromatic rings. The summed E-state index contributed by atoms with van der Waals surface area (Å²) in [5.41, 5.74) is 0.135. The van der Waals surface area contributed by atoms with Crippen molar-refractivity contribution in [3.63, 3.8) is 0 Å². The zero-order valence-electron chi connectivity index (χ0n) is 13.6. The minimum Gasteiger partial charge on any atom is -0.507 e. The summed E-state index contributed by atoms with van der Waals surface area (Å²) >= 11 is 0. The molecule has 0 bridgehead atoms. The number of rotatable bonds is 3. The van der Waals surface area contributed by atoms with Crippen LogP contribution in [0.15, 0.2) is 12.1 Å². The summed E-state index contributed by atoms with van der Waals surface area (Å²) in [7, 11) is 0. The number of nitrogens with one attached hydrogen (secondary N) is 1. The van der Waals surface area contributed by atoms with Gasteiger partial charge in [0, 0.05) is 11.6 Å². The van der Waals surface area contributed by atoms with Crippen molar-refractivity contribution in [2.75, 3.05) is 5.32 Å². The van der Waals surface area contributed by atoms with E-state index in [-0.39, 0.29) is 34.9 Å². The van der Waals surface area contributed by atoms with E-state index in [2.05, 4.69) is 20.5 Å². The lowest BCUT2D eigenvalue weighted by atomic mass is 9.90. The highest BCUT2D eigenvalue weighted by molar-refractivity contribution is 5.72. The molecule has 1 aromatic carbocycles. The lowest BCUT2D eigenvalue weighted by Crippen LogP contribution is -2.39. The number of nitrogens with zero attached hydrogens (tertiary/aromatic N) is 3. The summed E-state index contributed by atoms with van der Waals surface area (Å²) in [4.78, 5) is 4.25. The molecule has 3 rings (SSSR count). The molecule has 1 saturated carbocycles. The van der Waals surface area contributed by atoms with Crippen LogP contribution in [0.4, 0.5) is 19.1 Å². The SMILES string of the molecule is Cc1cc(C(F)(F)F)cc(O)c1-c1nnc(NC2CC(O)C2)nc1C. The predicted molar refractivity (Wildman–Crippen MR) is 84.1 cm³/mol. The number of aryl methyl sites for hydroxylation is 2. The standard InChI is InChI=1S/C16H17F3N4O2/c1-7-3-9(16(17,18)19)4-12(25)13(7)14-8(2)20-15(23-22-14)21-10-5-11(24)6-10/h3-4,10-11,24-25H,5-6H2,1-2H3,(H,20,21,23). The summed E-state index contributed by atoms with van der Waals surface area (Å²) < 4.78 is 38.5. The number of phenols is 1. The van der Waals surface area contributed by atoms with Crippen LogP contribution in [0, 0.1) is 13.8 Å². The third-order valence-corrected chi connectivity index (χ3v) is 4.19. The molecule has 25 heavy (non-hydrogen) atoms. The molecule has 0 saturated heterocycles. The number of aromatic nitrogens is 3. The van der Waals surface area contributed by atoms with Gasteiger partial charge in [0.1, 0.15) is 11.4 Å². The average molecular weight is 354 g/mol. The minimum absolute atomic E-state index is 0.0725. The van der Waals surface area contributed by atoms with E-state index in [1.165, 1.54) is 6.92 Å². The Morgan fingerprint density at radius 1 is 1.16 bits per heavy atom. The highest BCUT2D eigenvalue weighted by Gasteiger charge is 2.32. The number of hydrogen-bond donors (Lipinski definition) is 3. The maximum Gasteiger partial charge on any atom is 0.416 e. The van der Waals surface area contributed by atoms with E-state index < -0.39 is 17.5 Å². The van der Waals surface area contributed by atoms with Gasteiger partial charge in [-0.25, -0.2) is 4.98 Å². The number of aromatic hydroxyl groups is 1. The van der Waals surface area contributed by atoms with Crippen molar-refractivity contribution in [3.05, 3.63) is 29.0 Å². The Morgan fingerprint density at radius 2 is 1.84 bits per heavy atom. The summed E-state index contributed by atoms with van der Waals surface area (Å²) in [5.74, 6) is -0.239. The molecule has 1 heterocycles. The van der Waals surface area contributed by atoms with Crippen LogP contribution in [0.25, 0.3) is 11.3 Å².